The number of hydrogen-bond donors (Lipinski definition) is 0. The van der Waals surface area contributed by atoms with Gasteiger partial charge < -0.3 is 0 Å². The smallest absolute Gasteiger partial charge is 0.206 e. The predicted molar refractivity (Wildman–Crippen MR) is 113 cm³/mol. The van der Waals surface area contributed by atoms with E-state index in [2.05, 4.69) is 65.4 Å². The molecule has 4 rings (SSSR count). The first-order valence-corrected chi connectivity index (χ1v) is 9.46. The van der Waals surface area contributed by atoms with Gasteiger partial charge in [-0.25, -0.2) is 4.39 Å². The molecule has 1 heterocycles. The molecular formula is C24H21FN4. The highest BCUT2D eigenvalue weighted by molar-refractivity contribution is 5.80. The van der Waals surface area contributed by atoms with Crippen molar-refractivity contribution in [2.75, 3.05) is 0 Å². The van der Waals surface area contributed by atoms with Crippen LogP contribution < -0.4 is 0 Å². The van der Waals surface area contributed by atoms with Crippen LogP contribution in [0.3, 0.4) is 0 Å². The maximum atomic E-state index is 14.0. The van der Waals surface area contributed by atoms with Gasteiger partial charge in [-0.3, -0.25) is 0 Å². The van der Waals surface area contributed by atoms with Crippen LogP contribution in [-0.2, 0) is 5.41 Å². The monoisotopic (exact) mass is 384 g/mol. The quantitative estimate of drug-likeness (QED) is 0.454. The minimum atomic E-state index is -0.400. The predicted octanol–water partition coefficient (Wildman–Crippen LogP) is 5.70. The molecule has 0 radical (unpaired) electrons. The first-order chi connectivity index (χ1) is 13.9. The second-order valence-electron chi connectivity index (χ2n) is 7.90. The van der Waals surface area contributed by atoms with E-state index < -0.39 is 5.82 Å². The van der Waals surface area contributed by atoms with E-state index in [1.165, 1.54) is 11.6 Å². The lowest BCUT2D eigenvalue weighted by molar-refractivity contribution is 0.590. The van der Waals surface area contributed by atoms with E-state index in [1.54, 1.807) is 18.2 Å². The van der Waals surface area contributed by atoms with E-state index in [0.29, 0.717) is 5.82 Å². The summed E-state index contributed by atoms with van der Waals surface area (Å²) in [5, 5.41) is 16.6. The molecule has 0 aliphatic carbocycles. The molecule has 0 aliphatic heterocycles. The second-order valence-corrected chi connectivity index (χ2v) is 7.90. The van der Waals surface area contributed by atoms with Crippen molar-refractivity contribution in [2.45, 2.75) is 26.2 Å². The van der Waals surface area contributed by atoms with E-state index in [9.17, 15) is 4.39 Å². The average Bonchev–Trinajstić information content (AvgIpc) is 2.74. The Morgan fingerprint density at radius 3 is 1.62 bits per heavy atom. The van der Waals surface area contributed by atoms with Gasteiger partial charge in [0.2, 0.25) is 11.6 Å². The van der Waals surface area contributed by atoms with Crippen molar-refractivity contribution in [3.05, 3.63) is 84.2 Å². The Morgan fingerprint density at radius 1 is 0.586 bits per heavy atom. The Balaban J connectivity index is 1.71. The van der Waals surface area contributed by atoms with Crippen LogP contribution in [0.15, 0.2) is 72.8 Å². The molecule has 144 valence electrons. The molecule has 3 aromatic carbocycles. The van der Waals surface area contributed by atoms with Crippen LogP contribution in [0.4, 0.5) is 4.39 Å². The first-order valence-electron chi connectivity index (χ1n) is 9.46. The SMILES string of the molecule is CC(C)(C)c1ccc(-c2ccccc2-c2nnc(-c3ccccc3F)nn2)cc1. The van der Waals surface area contributed by atoms with Gasteiger partial charge in [0.15, 0.2) is 0 Å². The zero-order valence-corrected chi connectivity index (χ0v) is 16.6. The van der Waals surface area contributed by atoms with Gasteiger partial charge >= 0.3 is 0 Å². The molecule has 4 nitrogen and oxygen atoms in total. The van der Waals surface area contributed by atoms with Gasteiger partial charge in [-0.15, -0.1) is 20.4 Å². The third-order valence-electron chi connectivity index (χ3n) is 4.82. The standard InChI is InChI=1S/C24H21FN4/c1-24(2,3)17-14-12-16(13-15-17)18-8-4-5-9-19(18)22-26-28-23(29-27-22)20-10-6-7-11-21(20)25/h4-15H,1-3H3. The largest absolute Gasteiger partial charge is 0.206 e. The minimum Gasteiger partial charge on any atom is -0.206 e. The maximum absolute atomic E-state index is 14.0. The highest BCUT2D eigenvalue weighted by Crippen LogP contribution is 2.32. The van der Waals surface area contributed by atoms with Crippen molar-refractivity contribution in [1.29, 1.82) is 0 Å². The van der Waals surface area contributed by atoms with Gasteiger partial charge in [0.25, 0.3) is 0 Å². The number of nitrogens with zero attached hydrogens (tertiary/aromatic N) is 4. The van der Waals surface area contributed by atoms with Crippen LogP contribution in [0, 0.1) is 5.82 Å². The lowest BCUT2D eigenvalue weighted by Gasteiger charge is -2.19. The zero-order chi connectivity index (χ0) is 20.4. The Kier molecular flexibility index (Phi) is 4.89. The molecule has 0 spiro atoms. The molecule has 0 saturated heterocycles. The van der Waals surface area contributed by atoms with Crippen LogP contribution in [0.5, 0.6) is 0 Å². The zero-order valence-electron chi connectivity index (χ0n) is 16.6. The number of halogens is 1. The first kappa shape index (κ1) is 18.9. The third-order valence-corrected chi connectivity index (χ3v) is 4.82. The van der Waals surface area contributed by atoms with E-state index >= 15 is 0 Å². The summed E-state index contributed by atoms with van der Waals surface area (Å²) in [5.74, 6) is 0.169. The molecule has 0 aliphatic rings. The van der Waals surface area contributed by atoms with Crippen LogP contribution in [0.2, 0.25) is 0 Å². The Labute approximate surface area is 169 Å². The van der Waals surface area contributed by atoms with Crippen molar-refractivity contribution in [3.63, 3.8) is 0 Å². The molecule has 0 amide bonds. The van der Waals surface area contributed by atoms with Gasteiger partial charge in [-0.2, -0.15) is 0 Å². The number of aromatic nitrogens is 4. The van der Waals surface area contributed by atoms with Gasteiger partial charge in [0.1, 0.15) is 5.82 Å². The van der Waals surface area contributed by atoms with Crippen LogP contribution in [0.25, 0.3) is 33.9 Å². The molecule has 0 N–H and O–H groups in total. The van der Waals surface area contributed by atoms with Crippen LogP contribution in [-0.4, -0.2) is 20.4 Å². The van der Waals surface area contributed by atoms with Crippen molar-refractivity contribution in [1.82, 2.24) is 20.4 Å². The van der Waals surface area contributed by atoms with Gasteiger partial charge in [0.05, 0.1) is 5.56 Å². The summed E-state index contributed by atoms with van der Waals surface area (Å²) >= 11 is 0. The lowest BCUT2D eigenvalue weighted by Crippen LogP contribution is -2.10. The number of benzene rings is 3. The molecule has 0 unspecified atom stereocenters. The molecule has 1 aromatic heterocycles. The summed E-state index contributed by atoms with van der Waals surface area (Å²) in [6.45, 7) is 6.58. The number of hydrogen-bond acceptors (Lipinski definition) is 4. The summed E-state index contributed by atoms with van der Waals surface area (Å²) in [5.41, 5.74) is 4.54. The summed E-state index contributed by atoms with van der Waals surface area (Å²) in [4.78, 5) is 0. The van der Waals surface area contributed by atoms with Gasteiger partial charge in [-0.1, -0.05) is 81.4 Å². The molecule has 29 heavy (non-hydrogen) atoms. The Bertz CT molecular complexity index is 1130. The lowest BCUT2D eigenvalue weighted by atomic mass is 9.86. The van der Waals surface area contributed by atoms with Crippen molar-refractivity contribution in [3.8, 4) is 33.9 Å². The van der Waals surface area contributed by atoms with Crippen molar-refractivity contribution >= 4 is 0 Å². The van der Waals surface area contributed by atoms with Crippen LogP contribution >= 0.6 is 0 Å². The Hall–Kier alpha value is -3.47. The molecule has 0 bridgehead atoms. The number of rotatable bonds is 3. The fourth-order valence-corrected chi connectivity index (χ4v) is 3.17. The average molecular weight is 384 g/mol. The third kappa shape index (κ3) is 3.90. The second kappa shape index (κ2) is 7.51. The van der Waals surface area contributed by atoms with Gasteiger partial charge in [-0.05, 0) is 34.2 Å². The molecule has 0 saturated carbocycles. The molecule has 0 fully saturated rings. The topological polar surface area (TPSA) is 51.6 Å². The fourth-order valence-electron chi connectivity index (χ4n) is 3.17. The normalized spacial score (nSPS) is 11.4. The highest BCUT2D eigenvalue weighted by Gasteiger charge is 2.16. The molecule has 4 aromatic rings. The minimum absolute atomic E-state index is 0.0948. The maximum Gasteiger partial charge on any atom is 0.206 e. The fraction of sp³-hybridized carbons (Fsp3) is 0.167. The van der Waals surface area contributed by atoms with E-state index in [-0.39, 0.29) is 16.8 Å². The summed E-state index contributed by atoms with van der Waals surface area (Å²) in [6.07, 6.45) is 0. The summed E-state index contributed by atoms with van der Waals surface area (Å²) in [6, 6.07) is 22.7. The molecule has 5 heteroatoms. The van der Waals surface area contributed by atoms with E-state index in [0.717, 1.165) is 16.7 Å². The van der Waals surface area contributed by atoms with Gasteiger partial charge in [0, 0.05) is 5.56 Å². The summed E-state index contributed by atoms with van der Waals surface area (Å²) < 4.78 is 14.0. The highest BCUT2D eigenvalue weighted by atomic mass is 19.1. The molecular weight excluding hydrogens is 363 g/mol. The van der Waals surface area contributed by atoms with E-state index in [1.807, 2.05) is 24.3 Å². The summed E-state index contributed by atoms with van der Waals surface area (Å²) in [7, 11) is 0. The van der Waals surface area contributed by atoms with Crippen LogP contribution in [0.1, 0.15) is 26.3 Å². The van der Waals surface area contributed by atoms with Crippen molar-refractivity contribution < 1.29 is 4.39 Å². The van der Waals surface area contributed by atoms with Crippen molar-refractivity contribution in [2.24, 2.45) is 0 Å². The Morgan fingerprint density at radius 2 is 1.07 bits per heavy atom. The van der Waals surface area contributed by atoms with E-state index in [4.69, 9.17) is 0 Å². The molecule has 0 atom stereocenters.